The van der Waals surface area contributed by atoms with Crippen molar-refractivity contribution in [2.75, 3.05) is 0 Å². The summed E-state index contributed by atoms with van der Waals surface area (Å²) in [5.41, 5.74) is 4.16. The molecule has 0 heterocycles. The van der Waals surface area contributed by atoms with E-state index in [9.17, 15) is 4.79 Å². The van der Waals surface area contributed by atoms with Crippen LogP contribution in [0.25, 0.3) is 0 Å². The van der Waals surface area contributed by atoms with Crippen molar-refractivity contribution >= 4 is 5.91 Å². The second-order valence-corrected chi connectivity index (χ2v) is 7.89. The Morgan fingerprint density at radius 1 is 0.821 bits per heavy atom. The van der Waals surface area contributed by atoms with E-state index in [1.54, 1.807) is 0 Å². The van der Waals surface area contributed by atoms with Crippen molar-refractivity contribution < 1.29 is 4.79 Å². The highest BCUT2D eigenvalue weighted by atomic mass is 16.2. The first-order valence-electron chi connectivity index (χ1n) is 10.2. The Morgan fingerprint density at radius 3 is 2.07 bits per heavy atom. The maximum atomic E-state index is 13.7. The predicted octanol–water partition coefficient (Wildman–Crippen LogP) is 5.71. The minimum atomic E-state index is -0.419. The van der Waals surface area contributed by atoms with Crippen molar-refractivity contribution in [2.24, 2.45) is 0 Å². The maximum Gasteiger partial charge on any atom is 0.231 e. The molecule has 2 heteroatoms. The molecule has 142 valence electrons. The van der Waals surface area contributed by atoms with Crippen LogP contribution in [-0.2, 0) is 10.2 Å². The molecule has 0 bridgehead atoms. The van der Waals surface area contributed by atoms with Crippen LogP contribution >= 0.6 is 0 Å². The molecule has 2 nitrogen and oxygen atoms in total. The van der Waals surface area contributed by atoms with E-state index < -0.39 is 5.41 Å². The molecular formula is C26H27NO. The number of hydrogen-bond acceptors (Lipinski definition) is 1. The number of carbonyl (C=O) groups excluding carboxylic acids is 1. The molecule has 0 aliphatic heterocycles. The Morgan fingerprint density at radius 2 is 1.43 bits per heavy atom. The maximum absolute atomic E-state index is 13.7. The van der Waals surface area contributed by atoms with Crippen LogP contribution in [0, 0.1) is 6.92 Å². The van der Waals surface area contributed by atoms with Crippen molar-refractivity contribution in [1.29, 1.82) is 0 Å². The van der Waals surface area contributed by atoms with Gasteiger partial charge in [0.05, 0.1) is 11.5 Å². The highest BCUT2D eigenvalue weighted by Gasteiger charge is 2.43. The van der Waals surface area contributed by atoms with E-state index >= 15 is 0 Å². The fourth-order valence-corrected chi connectivity index (χ4v) is 4.51. The zero-order chi connectivity index (χ0) is 19.4. The smallest absolute Gasteiger partial charge is 0.231 e. The number of benzene rings is 3. The lowest BCUT2D eigenvalue weighted by atomic mass is 9.77. The highest BCUT2D eigenvalue weighted by molar-refractivity contribution is 5.89. The van der Waals surface area contributed by atoms with Gasteiger partial charge in [0, 0.05) is 0 Å². The molecule has 0 aromatic heterocycles. The zero-order valence-corrected chi connectivity index (χ0v) is 16.4. The third kappa shape index (κ3) is 3.60. The summed E-state index contributed by atoms with van der Waals surface area (Å²) >= 11 is 0. The number of amides is 1. The lowest BCUT2D eigenvalue weighted by Crippen LogP contribution is -2.44. The van der Waals surface area contributed by atoms with Crippen molar-refractivity contribution in [2.45, 2.75) is 44.1 Å². The topological polar surface area (TPSA) is 29.1 Å². The summed E-state index contributed by atoms with van der Waals surface area (Å²) in [6, 6.07) is 28.9. The van der Waals surface area contributed by atoms with Gasteiger partial charge in [-0.1, -0.05) is 103 Å². The third-order valence-corrected chi connectivity index (χ3v) is 6.00. The fourth-order valence-electron chi connectivity index (χ4n) is 4.51. The average molecular weight is 370 g/mol. The van der Waals surface area contributed by atoms with Gasteiger partial charge in [0.1, 0.15) is 0 Å². The number of rotatable bonds is 5. The number of hydrogen-bond donors (Lipinski definition) is 1. The minimum absolute atomic E-state index is 0.144. The Hall–Kier alpha value is -2.87. The van der Waals surface area contributed by atoms with Gasteiger partial charge < -0.3 is 5.32 Å². The summed E-state index contributed by atoms with van der Waals surface area (Å²) in [5, 5.41) is 3.42. The normalized spacial score (nSPS) is 16.5. The molecule has 1 unspecified atom stereocenters. The zero-order valence-electron chi connectivity index (χ0n) is 16.4. The van der Waals surface area contributed by atoms with Crippen LogP contribution in [0.5, 0.6) is 0 Å². The summed E-state index contributed by atoms with van der Waals surface area (Å²) in [4.78, 5) is 13.7. The van der Waals surface area contributed by atoms with Crippen LogP contribution in [0.3, 0.4) is 0 Å². The van der Waals surface area contributed by atoms with Crippen LogP contribution < -0.4 is 5.32 Å². The third-order valence-electron chi connectivity index (χ3n) is 6.00. The lowest BCUT2D eigenvalue weighted by Gasteiger charge is -2.31. The van der Waals surface area contributed by atoms with Crippen molar-refractivity contribution in [3.63, 3.8) is 0 Å². The second-order valence-electron chi connectivity index (χ2n) is 7.89. The first kappa shape index (κ1) is 18.5. The SMILES string of the molecule is Cc1cccc(C(NC(=O)C2(c3ccccc3)CCCC2)c2ccccc2)c1. The quantitative estimate of drug-likeness (QED) is 0.613. The Labute approximate surface area is 167 Å². The average Bonchev–Trinajstić information content (AvgIpc) is 3.24. The van der Waals surface area contributed by atoms with E-state index in [1.807, 2.05) is 36.4 Å². The molecule has 1 aliphatic carbocycles. The van der Waals surface area contributed by atoms with Crippen LogP contribution in [0.1, 0.15) is 54.0 Å². The van der Waals surface area contributed by atoms with E-state index in [4.69, 9.17) is 0 Å². The van der Waals surface area contributed by atoms with Crippen LogP contribution in [0.4, 0.5) is 0 Å². The van der Waals surface area contributed by atoms with E-state index in [2.05, 4.69) is 60.8 Å². The molecule has 28 heavy (non-hydrogen) atoms. The Balaban J connectivity index is 1.71. The molecule has 1 amide bonds. The van der Waals surface area contributed by atoms with Gasteiger partial charge in [-0.15, -0.1) is 0 Å². The van der Waals surface area contributed by atoms with Gasteiger partial charge in [-0.2, -0.15) is 0 Å². The van der Waals surface area contributed by atoms with Gasteiger partial charge in [-0.3, -0.25) is 4.79 Å². The summed E-state index contributed by atoms with van der Waals surface area (Å²) < 4.78 is 0. The van der Waals surface area contributed by atoms with E-state index in [1.165, 1.54) is 5.56 Å². The fraction of sp³-hybridized carbons (Fsp3) is 0.269. The molecular weight excluding hydrogens is 342 g/mol. The molecule has 1 aliphatic rings. The second kappa shape index (κ2) is 8.02. The molecule has 0 spiro atoms. The van der Waals surface area contributed by atoms with Gasteiger partial charge in [-0.25, -0.2) is 0 Å². The number of aryl methyl sites for hydroxylation is 1. The molecule has 3 aromatic carbocycles. The largest absolute Gasteiger partial charge is 0.344 e. The Bertz CT molecular complexity index is 927. The first-order chi connectivity index (χ1) is 13.7. The lowest BCUT2D eigenvalue weighted by molar-refractivity contribution is -0.127. The molecule has 3 aromatic rings. The number of nitrogens with one attached hydrogen (secondary N) is 1. The minimum Gasteiger partial charge on any atom is -0.344 e. The summed E-state index contributed by atoms with van der Waals surface area (Å²) in [6.07, 6.45) is 4.03. The Kier molecular flexibility index (Phi) is 5.29. The molecule has 0 radical (unpaired) electrons. The standard InChI is InChI=1S/C26H27NO/c1-20-11-10-14-22(19-20)24(21-12-4-2-5-13-21)27-25(28)26(17-8-9-18-26)23-15-6-3-7-16-23/h2-7,10-16,19,24H,8-9,17-18H2,1H3,(H,27,28). The summed E-state index contributed by atoms with van der Waals surface area (Å²) in [7, 11) is 0. The summed E-state index contributed by atoms with van der Waals surface area (Å²) in [6.45, 7) is 2.09. The van der Waals surface area contributed by atoms with Crippen LogP contribution in [0.15, 0.2) is 84.9 Å². The highest BCUT2D eigenvalue weighted by Crippen LogP contribution is 2.42. The van der Waals surface area contributed by atoms with Crippen molar-refractivity contribution in [3.8, 4) is 0 Å². The molecule has 4 rings (SSSR count). The molecule has 1 N–H and O–H groups in total. The van der Waals surface area contributed by atoms with Gasteiger partial charge in [0.25, 0.3) is 0 Å². The van der Waals surface area contributed by atoms with Crippen molar-refractivity contribution in [1.82, 2.24) is 5.32 Å². The summed E-state index contributed by atoms with van der Waals surface area (Å²) in [5.74, 6) is 0.145. The van der Waals surface area contributed by atoms with Gasteiger partial charge in [-0.05, 0) is 36.5 Å². The van der Waals surface area contributed by atoms with Crippen LogP contribution in [0.2, 0.25) is 0 Å². The first-order valence-corrected chi connectivity index (χ1v) is 10.2. The van der Waals surface area contributed by atoms with Crippen molar-refractivity contribution in [3.05, 3.63) is 107 Å². The van der Waals surface area contributed by atoms with Crippen LogP contribution in [-0.4, -0.2) is 5.91 Å². The molecule has 1 fully saturated rings. The predicted molar refractivity (Wildman–Crippen MR) is 114 cm³/mol. The molecule has 1 saturated carbocycles. The van der Waals surface area contributed by atoms with E-state index in [0.717, 1.165) is 42.4 Å². The molecule has 1 atom stereocenters. The van der Waals surface area contributed by atoms with E-state index in [0.29, 0.717) is 0 Å². The molecule has 0 saturated heterocycles. The monoisotopic (exact) mass is 369 g/mol. The van der Waals surface area contributed by atoms with Gasteiger partial charge >= 0.3 is 0 Å². The van der Waals surface area contributed by atoms with Gasteiger partial charge in [0.2, 0.25) is 5.91 Å². The van der Waals surface area contributed by atoms with E-state index in [-0.39, 0.29) is 11.9 Å². The number of carbonyl (C=O) groups is 1. The van der Waals surface area contributed by atoms with Gasteiger partial charge in [0.15, 0.2) is 0 Å².